The molecular formula is C16H18N2O5. The SMILES string of the molecule is CC(C)(C)C(=O)NCCC(=O)ON1C(=O)c2ccccc2C1=O. The number of fused-ring (bicyclic) bond motifs is 1. The lowest BCUT2D eigenvalue weighted by atomic mass is 9.96. The minimum absolute atomic E-state index is 0.0676. The Morgan fingerprint density at radius 1 is 1.09 bits per heavy atom. The molecule has 122 valence electrons. The van der Waals surface area contributed by atoms with E-state index in [1.807, 2.05) is 0 Å². The number of rotatable bonds is 4. The molecule has 7 nitrogen and oxygen atoms in total. The van der Waals surface area contributed by atoms with Gasteiger partial charge in [-0.15, -0.1) is 0 Å². The Kier molecular flexibility index (Phi) is 4.49. The van der Waals surface area contributed by atoms with E-state index >= 15 is 0 Å². The van der Waals surface area contributed by atoms with Crippen LogP contribution in [0, 0.1) is 5.41 Å². The molecule has 0 radical (unpaired) electrons. The normalized spacial score (nSPS) is 13.8. The highest BCUT2D eigenvalue weighted by Crippen LogP contribution is 2.22. The number of nitrogens with one attached hydrogen (secondary N) is 1. The lowest BCUT2D eigenvalue weighted by molar-refractivity contribution is -0.168. The molecule has 0 unspecified atom stereocenters. The fourth-order valence-corrected chi connectivity index (χ4v) is 1.94. The molecule has 23 heavy (non-hydrogen) atoms. The van der Waals surface area contributed by atoms with Crippen molar-refractivity contribution in [1.82, 2.24) is 10.4 Å². The Morgan fingerprint density at radius 3 is 2.09 bits per heavy atom. The predicted octanol–water partition coefficient (Wildman–Crippen LogP) is 1.29. The van der Waals surface area contributed by atoms with Gasteiger partial charge >= 0.3 is 5.97 Å². The first-order chi connectivity index (χ1) is 10.7. The quantitative estimate of drug-likeness (QED) is 0.845. The van der Waals surface area contributed by atoms with E-state index in [1.54, 1.807) is 32.9 Å². The smallest absolute Gasteiger partial charge is 0.335 e. The highest BCUT2D eigenvalue weighted by molar-refractivity contribution is 6.20. The summed E-state index contributed by atoms with van der Waals surface area (Å²) in [5, 5.41) is 3.05. The van der Waals surface area contributed by atoms with Crippen LogP contribution in [-0.4, -0.2) is 35.3 Å². The first-order valence-electron chi connectivity index (χ1n) is 7.18. The first-order valence-corrected chi connectivity index (χ1v) is 7.18. The zero-order chi connectivity index (χ0) is 17.2. The summed E-state index contributed by atoms with van der Waals surface area (Å²) < 4.78 is 0. The van der Waals surface area contributed by atoms with Crippen molar-refractivity contribution in [2.75, 3.05) is 6.54 Å². The zero-order valence-electron chi connectivity index (χ0n) is 13.2. The number of amides is 3. The van der Waals surface area contributed by atoms with Crippen LogP contribution in [0.5, 0.6) is 0 Å². The maximum Gasteiger partial charge on any atom is 0.335 e. The van der Waals surface area contributed by atoms with Gasteiger partial charge < -0.3 is 10.2 Å². The number of benzene rings is 1. The van der Waals surface area contributed by atoms with Gasteiger partial charge in [-0.2, -0.15) is 0 Å². The number of hydroxylamine groups is 2. The maximum absolute atomic E-state index is 12.0. The Labute approximate surface area is 133 Å². The molecule has 3 amide bonds. The second-order valence-electron chi connectivity index (χ2n) is 6.17. The molecule has 0 saturated carbocycles. The molecule has 0 aromatic heterocycles. The highest BCUT2D eigenvalue weighted by atomic mass is 16.7. The molecule has 0 bridgehead atoms. The van der Waals surface area contributed by atoms with Gasteiger partial charge in [0.1, 0.15) is 0 Å². The molecule has 0 spiro atoms. The van der Waals surface area contributed by atoms with E-state index in [0.717, 1.165) is 0 Å². The van der Waals surface area contributed by atoms with Gasteiger partial charge in [0, 0.05) is 12.0 Å². The van der Waals surface area contributed by atoms with Crippen LogP contribution in [0.1, 0.15) is 47.9 Å². The summed E-state index contributed by atoms with van der Waals surface area (Å²) in [5.74, 6) is -2.31. The molecular weight excluding hydrogens is 300 g/mol. The van der Waals surface area contributed by atoms with E-state index in [0.29, 0.717) is 5.06 Å². The van der Waals surface area contributed by atoms with Crippen molar-refractivity contribution in [2.45, 2.75) is 27.2 Å². The maximum atomic E-state index is 12.0. The van der Waals surface area contributed by atoms with Crippen LogP contribution in [0.4, 0.5) is 0 Å². The Bertz CT molecular complexity index is 640. The Morgan fingerprint density at radius 2 is 1.61 bits per heavy atom. The molecule has 0 fully saturated rings. The molecule has 1 aliphatic rings. The summed E-state index contributed by atoms with van der Waals surface area (Å²) >= 11 is 0. The molecule has 1 aromatic rings. The summed E-state index contributed by atoms with van der Waals surface area (Å²) in [7, 11) is 0. The minimum Gasteiger partial charge on any atom is -0.355 e. The van der Waals surface area contributed by atoms with E-state index in [4.69, 9.17) is 4.84 Å². The fraction of sp³-hybridized carbons (Fsp3) is 0.375. The van der Waals surface area contributed by atoms with Gasteiger partial charge in [0.15, 0.2) is 0 Å². The third kappa shape index (κ3) is 3.56. The number of carbonyl (C=O) groups excluding carboxylic acids is 4. The monoisotopic (exact) mass is 318 g/mol. The average Bonchev–Trinajstić information content (AvgIpc) is 2.72. The van der Waals surface area contributed by atoms with Crippen LogP contribution >= 0.6 is 0 Å². The van der Waals surface area contributed by atoms with Crippen molar-refractivity contribution < 1.29 is 24.0 Å². The second-order valence-corrected chi connectivity index (χ2v) is 6.17. The molecule has 0 saturated heterocycles. The molecule has 7 heteroatoms. The fourth-order valence-electron chi connectivity index (χ4n) is 1.94. The largest absolute Gasteiger partial charge is 0.355 e. The van der Waals surface area contributed by atoms with Crippen LogP contribution in [-0.2, 0) is 14.4 Å². The molecule has 1 N–H and O–H groups in total. The topological polar surface area (TPSA) is 92.8 Å². The van der Waals surface area contributed by atoms with Crippen molar-refractivity contribution >= 4 is 23.7 Å². The third-order valence-corrected chi connectivity index (χ3v) is 3.25. The summed E-state index contributed by atoms with van der Waals surface area (Å²) in [6.45, 7) is 5.32. The third-order valence-electron chi connectivity index (χ3n) is 3.25. The highest BCUT2D eigenvalue weighted by Gasteiger charge is 2.38. The van der Waals surface area contributed by atoms with E-state index in [9.17, 15) is 19.2 Å². The van der Waals surface area contributed by atoms with Crippen LogP contribution in [0.25, 0.3) is 0 Å². The Balaban J connectivity index is 1.89. The van der Waals surface area contributed by atoms with Crippen molar-refractivity contribution in [1.29, 1.82) is 0 Å². The number of imide groups is 1. The van der Waals surface area contributed by atoms with Gasteiger partial charge in [-0.3, -0.25) is 14.4 Å². The van der Waals surface area contributed by atoms with Gasteiger partial charge in [-0.25, -0.2) is 4.79 Å². The summed E-state index contributed by atoms with van der Waals surface area (Å²) in [6.07, 6.45) is -0.144. The zero-order valence-corrected chi connectivity index (χ0v) is 13.2. The Hall–Kier alpha value is -2.70. The molecule has 2 rings (SSSR count). The second kappa shape index (κ2) is 6.20. The van der Waals surface area contributed by atoms with Gasteiger partial charge in [-0.05, 0) is 12.1 Å². The lowest BCUT2D eigenvalue weighted by Gasteiger charge is -2.17. The standard InChI is InChI=1S/C16H18N2O5/c1-16(2,3)15(22)17-9-8-12(19)23-18-13(20)10-6-4-5-7-11(10)14(18)21/h4-7H,8-9H2,1-3H3,(H,17,22). The molecule has 1 aliphatic heterocycles. The minimum atomic E-state index is -0.770. The van der Waals surface area contributed by atoms with Gasteiger partial charge in [0.05, 0.1) is 17.5 Å². The van der Waals surface area contributed by atoms with Crippen molar-refractivity contribution in [3.63, 3.8) is 0 Å². The summed E-state index contributed by atoms with van der Waals surface area (Å²) in [4.78, 5) is 52.3. The van der Waals surface area contributed by atoms with Crippen LogP contribution in [0.3, 0.4) is 0 Å². The number of hydrogen-bond acceptors (Lipinski definition) is 5. The van der Waals surface area contributed by atoms with E-state index in [2.05, 4.69) is 5.32 Å². The van der Waals surface area contributed by atoms with E-state index in [-0.39, 0.29) is 30.0 Å². The average molecular weight is 318 g/mol. The summed E-state index contributed by atoms with van der Waals surface area (Å²) in [6, 6.07) is 6.23. The van der Waals surface area contributed by atoms with Crippen LogP contribution < -0.4 is 5.32 Å². The van der Waals surface area contributed by atoms with Crippen molar-refractivity contribution in [3.05, 3.63) is 35.4 Å². The number of carbonyl (C=O) groups is 4. The van der Waals surface area contributed by atoms with Crippen LogP contribution in [0.15, 0.2) is 24.3 Å². The van der Waals surface area contributed by atoms with Crippen molar-refractivity contribution in [2.24, 2.45) is 5.41 Å². The lowest BCUT2D eigenvalue weighted by Crippen LogP contribution is -2.37. The van der Waals surface area contributed by atoms with Gasteiger partial charge in [0.2, 0.25) is 5.91 Å². The molecule has 0 atom stereocenters. The molecule has 1 heterocycles. The summed E-state index contributed by atoms with van der Waals surface area (Å²) in [5.41, 5.74) is -0.162. The predicted molar refractivity (Wildman–Crippen MR) is 80.1 cm³/mol. The van der Waals surface area contributed by atoms with E-state index < -0.39 is 23.2 Å². The molecule has 1 aromatic carbocycles. The van der Waals surface area contributed by atoms with Gasteiger partial charge in [-0.1, -0.05) is 38.0 Å². The number of hydrogen-bond donors (Lipinski definition) is 1. The first kappa shape index (κ1) is 16.7. The van der Waals surface area contributed by atoms with Crippen LogP contribution in [0.2, 0.25) is 0 Å². The van der Waals surface area contributed by atoms with E-state index in [1.165, 1.54) is 12.1 Å². The molecule has 0 aliphatic carbocycles. The van der Waals surface area contributed by atoms with Gasteiger partial charge in [0.25, 0.3) is 11.8 Å². The number of nitrogens with zero attached hydrogens (tertiary/aromatic N) is 1. The van der Waals surface area contributed by atoms with Crippen molar-refractivity contribution in [3.8, 4) is 0 Å².